The molecule has 2 bridgehead atoms. The molecule has 5 aromatic rings. The number of aromatic nitrogens is 2. The molecule has 2 aliphatic rings. The van der Waals surface area contributed by atoms with Crippen LogP contribution in [-0.2, 0) is 93.1 Å². The first-order valence-electron chi connectivity index (χ1n) is 36.0. The number of rotatable bonds is 11. The average molecular weight is 1550 g/mol. The number of fused-ring (bicyclic) bond motifs is 4. The molecule has 0 aliphatic carbocycles. The van der Waals surface area contributed by atoms with Gasteiger partial charge in [0.25, 0.3) is 0 Å². The Morgan fingerprint density at radius 2 is 1.21 bits per heavy atom. The number of amides is 13. The fourth-order valence-corrected chi connectivity index (χ4v) is 14.3. The number of nitrogens with one attached hydrogen (secondary N) is 12. The Balaban J connectivity index is 1.22. The number of nitrogens with two attached hydrogens (primary N) is 1. The van der Waals surface area contributed by atoms with E-state index in [-0.39, 0.29) is 49.5 Å². The van der Waals surface area contributed by atoms with Crippen LogP contribution in [-0.4, -0.2) is 209 Å². The van der Waals surface area contributed by atoms with Crippen molar-refractivity contribution in [2.45, 2.75) is 210 Å². The van der Waals surface area contributed by atoms with Gasteiger partial charge in [-0.05, 0) is 118 Å². The lowest BCUT2D eigenvalue weighted by Crippen LogP contribution is -2.67. The molecule has 0 radical (unpaired) electrons. The topological polar surface area (TPSA) is 473 Å². The van der Waals surface area contributed by atoms with Gasteiger partial charge in [-0.1, -0.05) is 101 Å². The van der Waals surface area contributed by atoms with Gasteiger partial charge in [0.15, 0.2) is 0 Å². The maximum absolute atomic E-state index is 15.1. The standard InChI is InChI=1S/C76H103N15O16S2/c1-40(2)76(12)73(107)87-59(43(5)93)69(103)85-55(61(77)96)38-108-36-47-21-16-22-48(31-47)37-109-39-56(81-44(6)94)64(98)88-60(74(7,8)9)70(104)84-54(33-45-19-14-13-15-20-45)71(105)91-30-18-24-57(91)67(101)86-58(42(4)92)68(102)83-53(34-49-35-79-62-51(49)23-17-29-78-62)65(99)89-75(10,11)72(106)80-41(3)63(97)82-52(66(100)90-76)32-46-25-27-50(95)28-26-46/h13-17,19-23,25-29,31,35,40-43,52-60,92-93,95H,18,24,30,32-34,36-39H2,1-12H3,(H2,77,96)(H,78,79)(H,80,106)(H,81,94)(H,82,97)(H,83,102)(H,84,104)(H,85,103)(H,86,101)(H,87,107)(H,88,98)(H,89,99)(H,90,100)/t41-,42+,43-,52-,53-,54-,55+,56-,57-,58-,59-,60+,76-/m0/s1. The summed E-state index contributed by atoms with van der Waals surface area (Å²) in [7, 11) is 0. The molecule has 1 fully saturated rings. The normalized spacial score (nSPS) is 25.8. The van der Waals surface area contributed by atoms with Gasteiger partial charge in [0.1, 0.15) is 82.9 Å². The summed E-state index contributed by atoms with van der Waals surface area (Å²) in [6.45, 7) is 17.3. The lowest BCUT2D eigenvalue weighted by molar-refractivity contribution is -0.143. The molecule has 7 rings (SSSR count). The van der Waals surface area contributed by atoms with E-state index in [9.17, 15) is 72.9 Å². The lowest BCUT2D eigenvalue weighted by Gasteiger charge is -2.36. The third-order valence-electron chi connectivity index (χ3n) is 19.1. The van der Waals surface area contributed by atoms with Gasteiger partial charge < -0.3 is 89.4 Å². The highest BCUT2D eigenvalue weighted by Crippen LogP contribution is 2.27. The molecule has 2 aliphatic heterocycles. The zero-order valence-electron chi connectivity index (χ0n) is 63.3. The van der Waals surface area contributed by atoms with Crippen molar-refractivity contribution in [3.63, 3.8) is 0 Å². The highest BCUT2D eigenvalue weighted by molar-refractivity contribution is 7.98. The molecular formula is C76H103N15O16S2. The number of phenolic OH excluding ortho intramolecular Hbond substituents is 1. The molecule has 4 heterocycles. The van der Waals surface area contributed by atoms with E-state index in [1.165, 1.54) is 107 Å². The monoisotopic (exact) mass is 1550 g/mol. The third-order valence-corrected chi connectivity index (χ3v) is 21.3. The van der Waals surface area contributed by atoms with Crippen LogP contribution in [0.2, 0.25) is 0 Å². The number of phenols is 1. The van der Waals surface area contributed by atoms with Gasteiger partial charge >= 0.3 is 0 Å². The smallest absolute Gasteiger partial charge is 0.246 e. The zero-order chi connectivity index (χ0) is 80.4. The third kappa shape index (κ3) is 23.9. The summed E-state index contributed by atoms with van der Waals surface area (Å²) in [6, 6.07) is 10.7. The van der Waals surface area contributed by atoms with Crippen molar-refractivity contribution in [2.75, 3.05) is 18.1 Å². The van der Waals surface area contributed by atoms with Crippen LogP contribution >= 0.6 is 23.5 Å². The van der Waals surface area contributed by atoms with E-state index < -0.39 is 172 Å². The SMILES string of the molecule is CC(=O)N[C@H]1CSCc2cccc(c2)CSC[C@H](C(N)=O)NC(=O)[C@H]([C@H](C)O)NC(=O)[C@](C)(C(C)C)NC(=O)[C@H](Cc2ccc(O)cc2)NC(=O)[C@H](C)NC(=O)C(C)(C)NC(=O)[C@H](Cc2c[nH]c3ncccc23)NC(=O)[C@H]([C@@H](C)O)NC(=O)[C@@H]2CCCN2C(=O)[C@H](Cc2ccccc2)NC(=O)[C@H](C(C)(C)C)NC1=O. The van der Waals surface area contributed by atoms with Gasteiger partial charge in [-0.25, -0.2) is 4.98 Å². The Hall–Kier alpha value is -10.1. The number of hydrogen-bond donors (Lipinski definition) is 16. The van der Waals surface area contributed by atoms with Crippen LogP contribution in [0.1, 0.15) is 124 Å². The molecule has 3 aromatic carbocycles. The number of hydrogen-bond acceptors (Lipinski definition) is 19. The summed E-state index contributed by atoms with van der Waals surface area (Å²) < 4.78 is 0. The number of carbonyl (C=O) groups is 13. The summed E-state index contributed by atoms with van der Waals surface area (Å²) in [5, 5.41) is 62.3. The van der Waals surface area contributed by atoms with Gasteiger partial charge in [0.05, 0.1) is 12.2 Å². The molecule has 0 spiro atoms. The van der Waals surface area contributed by atoms with Gasteiger partial charge in [0, 0.05) is 73.5 Å². The number of aliphatic hydroxyl groups is 2. The van der Waals surface area contributed by atoms with Gasteiger partial charge in [-0.2, -0.15) is 23.5 Å². The van der Waals surface area contributed by atoms with Crippen LogP contribution in [0, 0.1) is 11.3 Å². The van der Waals surface area contributed by atoms with E-state index in [1.807, 2.05) is 18.2 Å². The summed E-state index contributed by atoms with van der Waals surface area (Å²) in [5.41, 5.74) is 4.55. The first-order chi connectivity index (χ1) is 51.3. The number of H-pyrrole nitrogens is 1. The minimum atomic E-state index is -1.91. The zero-order valence-corrected chi connectivity index (χ0v) is 65.0. The maximum Gasteiger partial charge on any atom is 0.246 e. The molecule has 31 nitrogen and oxygen atoms in total. The quantitative estimate of drug-likeness (QED) is 0.0860. The van der Waals surface area contributed by atoms with E-state index in [4.69, 9.17) is 5.73 Å². The second kappa shape index (κ2) is 38.3. The maximum atomic E-state index is 15.1. The van der Waals surface area contributed by atoms with Crippen LogP contribution in [0.15, 0.2) is 103 Å². The van der Waals surface area contributed by atoms with E-state index in [2.05, 4.69) is 68.5 Å². The highest BCUT2D eigenvalue weighted by atomic mass is 32.2. The van der Waals surface area contributed by atoms with Crippen LogP contribution in [0.25, 0.3) is 11.0 Å². The van der Waals surface area contributed by atoms with Crippen molar-refractivity contribution in [2.24, 2.45) is 17.1 Å². The number of pyridine rings is 1. The molecule has 0 saturated carbocycles. The molecule has 13 amide bonds. The Labute approximate surface area is 641 Å². The molecule has 17 N–H and O–H groups in total. The fraction of sp³-hybridized carbons (Fsp3) is 0.500. The molecule has 1 saturated heterocycles. The summed E-state index contributed by atoms with van der Waals surface area (Å²) in [4.78, 5) is 195. The largest absolute Gasteiger partial charge is 0.508 e. The van der Waals surface area contributed by atoms with Crippen LogP contribution in [0.5, 0.6) is 5.75 Å². The number of aromatic hydroxyl groups is 1. The van der Waals surface area contributed by atoms with Crippen LogP contribution in [0.3, 0.4) is 0 Å². The molecule has 2 aromatic heterocycles. The first-order valence-corrected chi connectivity index (χ1v) is 38.3. The minimum absolute atomic E-state index is 0.0274. The molecule has 13 atom stereocenters. The second-order valence-electron chi connectivity index (χ2n) is 29.8. The summed E-state index contributed by atoms with van der Waals surface area (Å²) >= 11 is 2.54. The van der Waals surface area contributed by atoms with Gasteiger partial charge in [-0.3, -0.25) is 62.3 Å². The molecule has 109 heavy (non-hydrogen) atoms. The van der Waals surface area contributed by atoms with Crippen molar-refractivity contribution in [1.82, 2.24) is 73.4 Å². The second-order valence-corrected chi connectivity index (χ2v) is 31.9. The van der Waals surface area contributed by atoms with E-state index >= 15 is 4.79 Å². The Morgan fingerprint density at radius 3 is 1.83 bits per heavy atom. The Morgan fingerprint density at radius 1 is 0.633 bits per heavy atom. The molecule has 33 heteroatoms. The predicted octanol–water partition coefficient (Wildman–Crippen LogP) is 0.589. The lowest BCUT2D eigenvalue weighted by atomic mass is 9.85. The number of nitrogens with zero attached hydrogens (tertiary/aromatic N) is 2. The molecular weight excluding hydrogens is 1440 g/mol. The van der Waals surface area contributed by atoms with Gasteiger partial charge in [-0.15, -0.1) is 0 Å². The number of carbonyl (C=O) groups excluding carboxylic acids is 13. The Bertz CT molecular complexity index is 4120. The predicted molar refractivity (Wildman–Crippen MR) is 410 cm³/mol. The Kier molecular flexibility index (Phi) is 30.3. The first kappa shape index (κ1) is 86.1. The highest BCUT2D eigenvalue weighted by Gasteiger charge is 2.46. The number of primary amides is 1. The van der Waals surface area contributed by atoms with E-state index in [0.29, 0.717) is 45.7 Å². The van der Waals surface area contributed by atoms with E-state index in [1.54, 1.807) is 89.3 Å². The van der Waals surface area contributed by atoms with Crippen molar-refractivity contribution in [3.8, 4) is 5.75 Å². The fourth-order valence-electron chi connectivity index (χ4n) is 12.3. The average Bonchev–Trinajstić information content (AvgIpc) is 1.79. The van der Waals surface area contributed by atoms with E-state index in [0.717, 1.165) is 11.1 Å². The van der Waals surface area contributed by atoms with Crippen molar-refractivity contribution in [3.05, 3.63) is 131 Å². The number of aromatic amines is 1. The van der Waals surface area contributed by atoms with Crippen LogP contribution < -0.4 is 64.2 Å². The molecule has 0 unspecified atom stereocenters. The van der Waals surface area contributed by atoms with Crippen molar-refractivity contribution in [1.29, 1.82) is 0 Å². The molecule has 590 valence electrons. The summed E-state index contributed by atoms with van der Waals surface area (Å²) in [5.74, 6) is -11.5. The van der Waals surface area contributed by atoms with Crippen molar-refractivity contribution < 1.29 is 77.6 Å². The summed E-state index contributed by atoms with van der Waals surface area (Å²) in [6.07, 6.45) is -0.327. The number of benzene rings is 3. The van der Waals surface area contributed by atoms with Crippen molar-refractivity contribution >= 4 is 111 Å². The minimum Gasteiger partial charge on any atom is -0.508 e. The number of thioether (sulfide) groups is 2. The number of aliphatic hydroxyl groups excluding tert-OH is 2. The van der Waals surface area contributed by atoms with Crippen LogP contribution in [0.4, 0.5) is 0 Å². The van der Waals surface area contributed by atoms with Gasteiger partial charge in [0.2, 0.25) is 76.8 Å².